The van der Waals surface area contributed by atoms with Gasteiger partial charge >= 0.3 is 0 Å². The Labute approximate surface area is 161 Å². The summed E-state index contributed by atoms with van der Waals surface area (Å²) in [5.74, 6) is -0.228. The number of hydrogen-bond donors (Lipinski definition) is 2. The van der Waals surface area contributed by atoms with Crippen LogP contribution in [0.3, 0.4) is 0 Å². The molecule has 1 aliphatic carbocycles. The van der Waals surface area contributed by atoms with Gasteiger partial charge in [-0.25, -0.2) is 4.98 Å². The normalized spacial score (nSPS) is 15.6. The van der Waals surface area contributed by atoms with Crippen molar-refractivity contribution in [2.75, 3.05) is 7.05 Å². The smallest absolute Gasteiger partial charge is 0.287 e. The molecule has 2 heterocycles. The van der Waals surface area contributed by atoms with E-state index in [-0.39, 0.29) is 23.3 Å². The van der Waals surface area contributed by atoms with Crippen LogP contribution in [0.15, 0.2) is 34.9 Å². The lowest BCUT2D eigenvalue weighted by Gasteiger charge is -2.29. The molecule has 1 saturated carbocycles. The van der Waals surface area contributed by atoms with Crippen LogP contribution in [-0.4, -0.2) is 34.8 Å². The fourth-order valence-electron chi connectivity index (χ4n) is 3.47. The van der Waals surface area contributed by atoms with Crippen LogP contribution >= 0.6 is 0 Å². The summed E-state index contributed by atoms with van der Waals surface area (Å²) in [6.07, 6.45) is 6.16. The monoisotopic (exact) mass is 386 g/mol. The highest BCUT2D eigenvalue weighted by Crippen LogP contribution is 2.27. The Morgan fingerprint density at radius 1 is 1.21 bits per heavy atom. The molecule has 0 unspecified atom stereocenters. The number of nitro groups is 1. The molecule has 0 bridgehead atoms. The van der Waals surface area contributed by atoms with E-state index in [4.69, 9.17) is 4.42 Å². The standard InChI is InChI=1S/C19H22N4O5/c1-20-19(25)17(12-5-3-2-4-6-12)22-18(24)16-10-9-15(28-16)14-8-7-13(11-21-14)23(26)27/h7-12,17H,2-6H2,1H3,(H,20,25)(H,22,24)/t17-/m0/s1. The van der Waals surface area contributed by atoms with Crippen molar-refractivity contribution in [3.8, 4) is 11.5 Å². The molecule has 0 aromatic carbocycles. The van der Waals surface area contributed by atoms with Gasteiger partial charge in [0.05, 0.1) is 4.92 Å². The molecule has 2 aromatic heterocycles. The zero-order valence-corrected chi connectivity index (χ0v) is 15.5. The average molecular weight is 386 g/mol. The van der Waals surface area contributed by atoms with Gasteiger partial charge in [-0.05, 0) is 37.0 Å². The molecule has 0 saturated heterocycles. The maximum atomic E-state index is 12.6. The van der Waals surface area contributed by atoms with Crippen LogP contribution in [0.1, 0.15) is 42.7 Å². The van der Waals surface area contributed by atoms with Gasteiger partial charge in [0, 0.05) is 13.1 Å². The second-order valence-corrected chi connectivity index (χ2v) is 6.79. The number of pyridine rings is 1. The third-order valence-corrected chi connectivity index (χ3v) is 4.98. The number of hydrogen-bond acceptors (Lipinski definition) is 6. The van der Waals surface area contributed by atoms with E-state index in [1.165, 1.54) is 18.2 Å². The first-order chi connectivity index (χ1) is 13.5. The number of nitrogens with one attached hydrogen (secondary N) is 2. The first kappa shape index (κ1) is 19.5. The molecule has 9 heteroatoms. The van der Waals surface area contributed by atoms with Gasteiger partial charge in [0.25, 0.3) is 11.6 Å². The van der Waals surface area contributed by atoms with Crippen molar-refractivity contribution < 1.29 is 18.9 Å². The van der Waals surface area contributed by atoms with E-state index in [1.54, 1.807) is 13.1 Å². The maximum absolute atomic E-state index is 12.6. The highest BCUT2D eigenvalue weighted by Gasteiger charge is 2.31. The number of rotatable bonds is 6. The van der Waals surface area contributed by atoms with Crippen molar-refractivity contribution in [1.82, 2.24) is 15.6 Å². The third-order valence-electron chi connectivity index (χ3n) is 4.98. The van der Waals surface area contributed by atoms with E-state index in [2.05, 4.69) is 15.6 Å². The Kier molecular flexibility index (Phi) is 6.03. The molecular weight excluding hydrogens is 364 g/mol. The van der Waals surface area contributed by atoms with Gasteiger partial charge < -0.3 is 15.1 Å². The molecule has 1 fully saturated rings. The topological polar surface area (TPSA) is 127 Å². The van der Waals surface area contributed by atoms with E-state index in [9.17, 15) is 19.7 Å². The highest BCUT2D eigenvalue weighted by atomic mass is 16.6. The molecule has 9 nitrogen and oxygen atoms in total. The summed E-state index contributed by atoms with van der Waals surface area (Å²) in [6.45, 7) is 0. The summed E-state index contributed by atoms with van der Waals surface area (Å²) in [4.78, 5) is 39.0. The van der Waals surface area contributed by atoms with Gasteiger partial charge in [-0.1, -0.05) is 19.3 Å². The lowest BCUT2D eigenvalue weighted by molar-refractivity contribution is -0.385. The van der Waals surface area contributed by atoms with Crippen LogP contribution < -0.4 is 10.6 Å². The molecule has 3 rings (SSSR count). The highest BCUT2D eigenvalue weighted by molar-refractivity contribution is 5.96. The summed E-state index contributed by atoms with van der Waals surface area (Å²) >= 11 is 0. The number of furan rings is 1. The van der Waals surface area contributed by atoms with Gasteiger partial charge in [0.1, 0.15) is 17.9 Å². The summed E-state index contributed by atoms with van der Waals surface area (Å²) in [5, 5.41) is 16.1. The molecule has 2 aromatic rings. The predicted octanol–water partition coefficient (Wildman–Crippen LogP) is 2.67. The minimum Gasteiger partial charge on any atom is -0.449 e. The largest absolute Gasteiger partial charge is 0.449 e. The Hall–Kier alpha value is -3.23. The minimum absolute atomic E-state index is 0.0554. The molecule has 0 aliphatic heterocycles. The van der Waals surface area contributed by atoms with Crippen LogP contribution in [0, 0.1) is 16.0 Å². The van der Waals surface area contributed by atoms with Crippen LogP contribution in [-0.2, 0) is 4.79 Å². The summed E-state index contributed by atoms with van der Waals surface area (Å²) in [5.41, 5.74) is 0.244. The number of carbonyl (C=O) groups is 2. The van der Waals surface area contributed by atoms with Crippen LogP contribution in [0.2, 0.25) is 0 Å². The lowest BCUT2D eigenvalue weighted by Crippen LogP contribution is -2.50. The summed E-state index contributed by atoms with van der Waals surface area (Å²) in [7, 11) is 1.55. The van der Waals surface area contributed by atoms with Crippen LogP contribution in [0.4, 0.5) is 5.69 Å². The molecular formula is C19H22N4O5. The van der Waals surface area contributed by atoms with Crippen molar-refractivity contribution in [2.45, 2.75) is 38.1 Å². The molecule has 2 N–H and O–H groups in total. The Bertz CT molecular complexity index is 855. The predicted molar refractivity (Wildman–Crippen MR) is 100 cm³/mol. The molecule has 0 spiro atoms. The quantitative estimate of drug-likeness (QED) is 0.580. The molecule has 1 aliphatic rings. The fraction of sp³-hybridized carbons (Fsp3) is 0.421. The Morgan fingerprint density at radius 3 is 2.57 bits per heavy atom. The van der Waals surface area contributed by atoms with E-state index in [1.807, 2.05) is 0 Å². The van der Waals surface area contributed by atoms with Gasteiger partial charge in [0.2, 0.25) is 5.91 Å². The van der Waals surface area contributed by atoms with Crippen molar-refractivity contribution in [3.05, 3.63) is 46.3 Å². The number of amides is 2. The van der Waals surface area contributed by atoms with E-state index < -0.39 is 16.9 Å². The lowest BCUT2D eigenvalue weighted by atomic mass is 9.83. The van der Waals surface area contributed by atoms with Crippen molar-refractivity contribution >= 4 is 17.5 Å². The fourth-order valence-corrected chi connectivity index (χ4v) is 3.47. The maximum Gasteiger partial charge on any atom is 0.287 e. The van der Waals surface area contributed by atoms with Gasteiger partial charge in [-0.3, -0.25) is 19.7 Å². The molecule has 1 atom stereocenters. The van der Waals surface area contributed by atoms with Crippen molar-refractivity contribution in [3.63, 3.8) is 0 Å². The molecule has 0 radical (unpaired) electrons. The van der Waals surface area contributed by atoms with E-state index in [0.29, 0.717) is 11.5 Å². The number of nitrogens with zero attached hydrogens (tertiary/aromatic N) is 2. The van der Waals surface area contributed by atoms with Gasteiger partial charge in [-0.15, -0.1) is 0 Å². The molecule has 2 amide bonds. The van der Waals surface area contributed by atoms with Gasteiger partial charge in [0.15, 0.2) is 11.5 Å². The second-order valence-electron chi connectivity index (χ2n) is 6.79. The number of likely N-dealkylation sites (N-methyl/N-ethyl adjacent to an activating group) is 1. The van der Waals surface area contributed by atoms with Crippen LogP contribution in [0.5, 0.6) is 0 Å². The second kappa shape index (κ2) is 8.64. The zero-order chi connectivity index (χ0) is 20.1. The Balaban J connectivity index is 1.73. The van der Waals surface area contributed by atoms with Crippen molar-refractivity contribution in [2.24, 2.45) is 5.92 Å². The first-order valence-corrected chi connectivity index (χ1v) is 9.22. The Morgan fingerprint density at radius 2 is 1.96 bits per heavy atom. The van der Waals surface area contributed by atoms with Crippen LogP contribution in [0.25, 0.3) is 11.5 Å². The zero-order valence-electron chi connectivity index (χ0n) is 15.5. The summed E-state index contributed by atoms with van der Waals surface area (Å²) < 4.78 is 5.56. The minimum atomic E-state index is -0.608. The van der Waals surface area contributed by atoms with E-state index in [0.717, 1.165) is 38.3 Å². The third kappa shape index (κ3) is 4.36. The average Bonchev–Trinajstić information content (AvgIpc) is 3.22. The SMILES string of the molecule is CNC(=O)[C@@H](NC(=O)c1ccc(-c2ccc([N+](=O)[O-])cn2)o1)C1CCCCC1. The first-order valence-electron chi connectivity index (χ1n) is 9.22. The number of aromatic nitrogens is 1. The van der Waals surface area contributed by atoms with E-state index >= 15 is 0 Å². The number of carbonyl (C=O) groups excluding carboxylic acids is 2. The van der Waals surface area contributed by atoms with Gasteiger partial charge in [-0.2, -0.15) is 0 Å². The molecule has 148 valence electrons. The summed E-state index contributed by atoms with van der Waals surface area (Å²) in [6, 6.07) is 5.22. The molecule has 28 heavy (non-hydrogen) atoms. The van der Waals surface area contributed by atoms with Crippen molar-refractivity contribution in [1.29, 1.82) is 0 Å².